The lowest BCUT2D eigenvalue weighted by molar-refractivity contribution is -0.757. The lowest BCUT2D eigenvalue weighted by Crippen LogP contribution is -2.36. The topological polar surface area (TPSA) is 157 Å². The minimum atomic E-state index is -3.25. The summed E-state index contributed by atoms with van der Waals surface area (Å²) < 4.78 is 39.1. The van der Waals surface area contributed by atoms with E-state index in [4.69, 9.17) is 9.47 Å². The van der Waals surface area contributed by atoms with E-state index < -0.39 is 47.6 Å². The molecule has 0 aromatic heterocycles. The van der Waals surface area contributed by atoms with Gasteiger partial charge in [-0.15, -0.1) is 10.1 Å². The summed E-state index contributed by atoms with van der Waals surface area (Å²) in [6.45, 7) is 0.909. The highest BCUT2D eigenvalue weighted by atomic mass is 19.3. The van der Waals surface area contributed by atoms with E-state index in [-0.39, 0.29) is 44.4 Å². The van der Waals surface area contributed by atoms with Crippen LogP contribution in [0.2, 0.25) is 0 Å². The van der Waals surface area contributed by atoms with Crippen molar-refractivity contribution in [1.29, 1.82) is 0 Å². The Bertz CT molecular complexity index is 1070. The summed E-state index contributed by atoms with van der Waals surface area (Å²) >= 11 is 0. The number of hydrogen-bond acceptors (Lipinski definition) is 9. The molecule has 0 spiro atoms. The maximum Gasteiger partial charge on any atom is 0.305 e. The summed E-state index contributed by atoms with van der Waals surface area (Å²) in [6, 6.07) is 7.93. The van der Waals surface area contributed by atoms with E-state index in [0.717, 1.165) is 6.08 Å². The molecule has 0 radical (unpaired) electrons. The highest BCUT2D eigenvalue weighted by Crippen LogP contribution is 2.37. The molecule has 44 heavy (non-hydrogen) atoms. The van der Waals surface area contributed by atoms with Crippen LogP contribution in [0.3, 0.4) is 0 Å². The van der Waals surface area contributed by atoms with Crippen LogP contribution < -0.4 is 10.1 Å². The molecule has 0 aliphatic heterocycles. The molecule has 1 aliphatic carbocycles. The number of benzene rings is 1. The van der Waals surface area contributed by atoms with E-state index in [2.05, 4.69) is 10.2 Å². The standard InChI is InChI=1S/C31H44F2N2O9/c1-23(34-29(38)15-9-5-11-19-44-35(40)41)21-42-30(39)16-10-3-2-8-14-25-26(28(37)20-27(25)36)17-18-31(32,33)22-43-24-12-6-4-7-13-24/h2,4,6-8,12-13,17-18,23,25-28,36-37H,3,5,9-11,14-16,19-22H2,1H3,(H,34,38)/t23-,25+,26+,27-,28+/m0/s1. The van der Waals surface area contributed by atoms with Crippen molar-refractivity contribution in [3.8, 4) is 5.75 Å². The number of alkyl halides is 2. The van der Waals surface area contributed by atoms with Gasteiger partial charge in [0.15, 0.2) is 6.61 Å². The molecule has 1 aromatic rings. The molecule has 3 N–H and O–H groups in total. The van der Waals surface area contributed by atoms with Crippen LogP contribution >= 0.6 is 0 Å². The van der Waals surface area contributed by atoms with E-state index in [0.29, 0.717) is 44.3 Å². The number of aliphatic hydroxyl groups excluding tert-OH is 2. The van der Waals surface area contributed by atoms with Gasteiger partial charge in [-0.05, 0) is 63.2 Å². The number of ether oxygens (including phenoxy) is 2. The molecule has 0 saturated heterocycles. The van der Waals surface area contributed by atoms with Crippen LogP contribution in [0.1, 0.15) is 64.7 Å². The van der Waals surface area contributed by atoms with Crippen molar-refractivity contribution in [3.63, 3.8) is 0 Å². The first-order valence-corrected chi connectivity index (χ1v) is 15.0. The lowest BCUT2D eigenvalue weighted by atomic mass is 9.89. The molecule has 1 aromatic carbocycles. The number of carbonyl (C=O) groups excluding carboxylic acids is 2. The molecular weight excluding hydrogens is 582 g/mol. The van der Waals surface area contributed by atoms with E-state index in [1.54, 1.807) is 37.3 Å². The fraction of sp³-hybridized carbons (Fsp3) is 0.613. The zero-order valence-electron chi connectivity index (χ0n) is 25.0. The number of esters is 1. The molecule has 13 heteroatoms. The van der Waals surface area contributed by atoms with Crippen LogP contribution in [0.15, 0.2) is 54.6 Å². The van der Waals surface area contributed by atoms with Gasteiger partial charge in [0.2, 0.25) is 5.91 Å². The van der Waals surface area contributed by atoms with E-state index in [9.17, 15) is 38.7 Å². The zero-order chi connectivity index (χ0) is 32.4. The average Bonchev–Trinajstić information content (AvgIpc) is 3.25. The van der Waals surface area contributed by atoms with Crippen molar-refractivity contribution >= 4 is 11.9 Å². The van der Waals surface area contributed by atoms with Crippen LogP contribution in [0, 0.1) is 22.0 Å². The largest absolute Gasteiger partial charge is 0.487 e. The van der Waals surface area contributed by atoms with Crippen LogP contribution in [-0.2, 0) is 19.2 Å². The smallest absolute Gasteiger partial charge is 0.305 e. The second-order valence-electron chi connectivity index (χ2n) is 11.0. The third-order valence-corrected chi connectivity index (χ3v) is 7.13. The number of nitrogens with one attached hydrogen (secondary N) is 1. The molecule has 1 fully saturated rings. The van der Waals surface area contributed by atoms with Gasteiger partial charge in [0.25, 0.3) is 11.0 Å². The highest BCUT2D eigenvalue weighted by molar-refractivity contribution is 5.76. The number of allylic oxidation sites excluding steroid dienone is 2. The number of rotatable bonds is 21. The van der Waals surface area contributed by atoms with Gasteiger partial charge in [0.05, 0.1) is 24.9 Å². The fourth-order valence-corrected chi connectivity index (χ4v) is 4.82. The second kappa shape index (κ2) is 19.6. The summed E-state index contributed by atoms with van der Waals surface area (Å²) in [4.78, 5) is 38.3. The van der Waals surface area contributed by atoms with Gasteiger partial charge in [-0.1, -0.05) is 42.8 Å². The summed E-state index contributed by atoms with van der Waals surface area (Å²) in [5.74, 6) is -4.57. The van der Waals surface area contributed by atoms with E-state index >= 15 is 0 Å². The summed E-state index contributed by atoms with van der Waals surface area (Å²) in [7, 11) is 0. The van der Waals surface area contributed by atoms with Crippen molar-refractivity contribution in [2.75, 3.05) is 19.8 Å². The molecule has 1 aliphatic rings. The van der Waals surface area contributed by atoms with Crippen LogP contribution in [0.25, 0.3) is 0 Å². The second-order valence-corrected chi connectivity index (χ2v) is 11.0. The predicted octanol–water partition coefficient (Wildman–Crippen LogP) is 4.55. The number of carbonyl (C=O) groups is 2. The maximum absolute atomic E-state index is 14.4. The molecule has 1 saturated carbocycles. The van der Waals surface area contributed by atoms with Gasteiger partial charge in [-0.25, -0.2) is 0 Å². The van der Waals surface area contributed by atoms with Crippen LogP contribution in [-0.4, -0.2) is 71.2 Å². The van der Waals surface area contributed by atoms with Gasteiger partial charge in [-0.2, -0.15) is 8.78 Å². The number of halogens is 2. The number of hydrogen-bond donors (Lipinski definition) is 3. The quantitative estimate of drug-likeness (QED) is 0.0586. The first-order chi connectivity index (χ1) is 21.0. The molecule has 0 heterocycles. The molecular formula is C31H44F2N2O9. The number of para-hydroxylation sites is 1. The van der Waals surface area contributed by atoms with Gasteiger partial charge in [0.1, 0.15) is 12.4 Å². The Balaban J connectivity index is 1.62. The summed E-state index contributed by atoms with van der Waals surface area (Å²) in [5, 5.41) is 32.7. The van der Waals surface area contributed by atoms with Crippen molar-refractivity contribution < 1.29 is 48.0 Å². The predicted molar refractivity (Wildman–Crippen MR) is 157 cm³/mol. The van der Waals surface area contributed by atoms with Gasteiger partial charge in [-0.3, -0.25) is 9.59 Å². The average molecular weight is 627 g/mol. The SMILES string of the molecule is C[C@@H](COC(=O)CCCC=CC[C@@H]1[C@@H](C=CC(F)(F)COc2ccccc2)[C@H](O)C[C@@H]1O)NC(=O)CCCCCO[N+](=O)[O-]. The summed E-state index contributed by atoms with van der Waals surface area (Å²) in [5.41, 5.74) is 0. The Morgan fingerprint density at radius 2 is 1.86 bits per heavy atom. The van der Waals surface area contributed by atoms with E-state index in [1.807, 2.05) is 12.2 Å². The van der Waals surface area contributed by atoms with E-state index in [1.165, 1.54) is 6.08 Å². The highest BCUT2D eigenvalue weighted by Gasteiger charge is 2.40. The minimum Gasteiger partial charge on any atom is -0.487 e. The minimum absolute atomic E-state index is 0.000923. The number of nitrogens with zero attached hydrogens (tertiary/aromatic N) is 1. The Kier molecular flexibility index (Phi) is 16.3. The van der Waals surface area contributed by atoms with Crippen molar-refractivity contribution in [1.82, 2.24) is 5.32 Å². The van der Waals surface area contributed by atoms with Gasteiger partial charge >= 0.3 is 5.97 Å². The Labute approximate surface area is 256 Å². The third kappa shape index (κ3) is 15.2. The monoisotopic (exact) mass is 626 g/mol. The molecule has 246 valence electrons. The molecule has 0 unspecified atom stereocenters. The molecule has 5 atom stereocenters. The lowest BCUT2D eigenvalue weighted by Gasteiger charge is -2.20. The van der Waals surface area contributed by atoms with Crippen LogP contribution in [0.4, 0.5) is 8.78 Å². The fourth-order valence-electron chi connectivity index (χ4n) is 4.82. The summed E-state index contributed by atoms with van der Waals surface area (Å²) in [6.07, 6.45) is 7.56. The van der Waals surface area contributed by atoms with Crippen LogP contribution in [0.5, 0.6) is 5.75 Å². The first-order valence-electron chi connectivity index (χ1n) is 15.0. The number of amides is 1. The van der Waals surface area contributed by atoms with Gasteiger partial charge in [0, 0.05) is 25.2 Å². The number of unbranched alkanes of at least 4 members (excludes halogenated alkanes) is 3. The molecule has 1 amide bonds. The number of aliphatic hydroxyl groups is 2. The van der Waals surface area contributed by atoms with Crippen molar-refractivity contribution in [2.24, 2.45) is 11.8 Å². The van der Waals surface area contributed by atoms with Crippen molar-refractivity contribution in [3.05, 3.63) is 64.8 Å². The molecule has 2 rings (SSSR count). The third-order valence-electron chi connectivity index (χ3n) is 7.13. The zero-order valence-corrected chi connectivity index (χ0v) is 25.0. The van der Waals surface area contributed by atoms with Gasteiger partial charge < -0.3 is 29.8 Å². The van der Waals surface area contributed by atoms with Crippen molar-refractivity contribution in [2.45, 2.75) is 88.9 Å². The molecule has 11 nitrogen and oxygen atoms in total. The molecule has 0 bridgehead atoms. The maximum atomic E-state index is 14.4. The Hall–Kier alpha value is -3.58. The Morgan fingerprint density at radius 1 is 1.11 bits per heavy atom. The first kappa shape index (κ1) is 36.6. The normalized spacial score (nSPS) is 20.9. The Morgan fingerprint density at radius 3 is 2.59 bits per heavy atom.